The van der Waals surface area contributed by atoms with Crippen LogP contribution < -0.4 is 10.8 Å². The average molecular weight is 458 g/mol. The summed E-state index contributed by atoms with van der Waals surface area (Å²) in [5.41, 5.74) is 4.80. The SMILES string of the molecule is O=C(C=Cc1ccc(CN(CCCc2ccccc2)C(=O)NC(=O)c2ccccc2)cc1)NO. The van der Waals surface area contributed by atoms with E-state index in [4.69, 9.17) is 5.21 Å². The minimum Gasteiger partial charge on any atom is -0.320 e. The molecule has 7 nitrogen and oxygen atoms in total. The van der Waals surface area contributed by atoms with Crippen molar-refractivity contribution in [1.29, 1.82) is 0 Å². The van der Waals surface area contributed by atoms with Gasteiger partial charge in [0.15, 0.2) is 0 Å². The smallest absolute Gasteiger partial charge is 0.320 e. The van der Waals surface area contributed by atoms with Crippen LogP contribution in [0.2, 0.25) is 0 Å². The third-order valence-electron chi connectivity index (χ3n) is 5.17. The number of amides is 4. The number of hydrogen-bond donors (Lipinski definition) is 3. The van der Waals surface area contributed by atoms with E-state index in [1.165, 1.54) is 17.1 Å². The molecule has 0 aliphatic carbocycles. The third kappa shape index (κ3) is 7.72. The molecule has 0 aliphatic heterocycles. The first-order valence-corrected chi connectivity index (χ1v) is 11.0. The molecule has 0 unspecified atom stereocenters. The molecule has 3 N–H and O–H groups in total. The molecular formula is C27H27N3O4. The van der Waals surface area contributed by atoms with Gasteiger partial charge in [-0.1, -0.05) is 72.8 Å². The average Bonchev–Trinajstić information content (AvgIpc) is 2.88. The second-order valence-electron chi connectivity index (χ2n) is 7.69. The quantitative estimate of drug-likeness (QED) is 0.255. The van der Waals surface area contributed by atoms with E-state index in [-0.39, 0.29) is 0 Å². The third-order valence-corrected chi connectivity index (χ3v) is 5.17. The fourth-order valence-corrected chi connectivity index (χ4v) is 3.37. The highest BCUT2D eigenvalue weighted by Gasteiger charge is 2.17. The lowest BCUT2D eigenvalue weighted by molar-refractivity contribution is -0.124. The molecule has 174 valence electrons. The van der Waals surface area contributed by atoms with Gasteiger partial charge in [-0.2, -0.15) is 0 Å². The summed E-state index contributed by atoms with van der Waals surface area (Å²) < 4.78 is 0. The number of hydrogen-bond acceptors (Lipinski definition) is 4. The van der Waals surface area contributed by atoms with E-state index in [2.05, 4.69) is 5.32 Å². The number of nitrogens with one attached hydrogen (secondary N) is 2. The largest absolute Gasteiger partial charge is 0.324 e. The number of benzene rings is 3. The monoisotopic (exact) mass is 457 g/mol. The summed E-state index contributed by atoms with van der Waals surface area (Å²) in [4.78, 5) is 38.2. The van der Waals surface area contributed by atoms with Gasteiger partial charge in [-0.15, -0.1) is 0 Å². The van der Waals surface area contributed by atoms with Crippen LogP contribution in [-0.2, 0) is 17.8 Å². The maximum absolute atomic E-state index is 13.0. The number of imide groups is 1. The van der Waals surface area contributed by atoms with E-state index in [9.17, 15) is 14.4 Å². The molecule has 7 heteroatoms. The van der Waals surface area contributed by atoms with Crippen molar-refractivity contribution in [2.75, 3.05) is 6.54 Å². The molecule has 34 heavy (non-hydrogen) atoms. The summed E-state index contributed by atoms with van der Waals surface area (Å²) >= 11 is 0. The number of carbonyl (C=O) groups excluding carboxylic acids is 3. The van der Waals surface area contributed by atoms with Crippen LogP contribution in [0.3, 0.4) is 0 Å². The van der Waals surface area contributed by atoms with Crippen LogP contribution in [0, 0.1) is 0 Å². The second-order valence-corrected chi connectivity index (χ2v) is 7.69. The van der Waals surface area contributed by atoms with E-state index in [0.29, 0.717) is 18.7 Å². The molecule has 0 fully saturated rings. The lowest BCUT2D eigenvalue weighted by Crippen LogP contribution is -2.43. The Labute approximate surface area is 198 Å². The van der Waals surface area contributed by atoms with Crippen LogP contribution in [0.15, 0.2) is 91.0 Å². The van der Waals surface area contributed by atoms with Gasteiger partial charge in [-0.25, -0.2) is 10.3 Å². The Balaban J connectivity index is 1.67. The number of carbonyl (C=O) groups is 3. The molecule has 0 heterocycles. The zero-order valence-electron chi connectivity index (χ0n) is 18.7. The Morgan fingerprint density at radius 1 is 0.824 bits per heavy atom. The summed E-state index contributed by atoms with van der Waals surface area (Å²) in [6, 6.07) is 25.5. The first-order valence-electron chi connectivity index (χ1n) is 11.0. The van der Waals surface area contributed by atoms with Gasteiger partial charge in [-0.3, -0.25) is 20.1 Å². The van der Waals surface area contributed by atoms with Crippen LogP contribution in [0.5, 0.6) is 0 Å². The highest BCUT2D eigenvalue weighted by molar-refractivity contribution is 6.04. The van der Waals surface area contributed by atoms with Gasteiger partial charge >= 0.3 is 6.03 Å². The fraction of sp³-hybridized carbons (Fsp3) is 0.148. The summed E-state index contributed by atoms with van der Waals surface area (Å²) in [6.07, 6.45) is 4.34. The van der Waals surface area contributed by atoms with Crippen molar-refractivity contribution >= 4 is 23.9 Å². The van der Waals surface area contributed by atoms with Crippen molar-refractivity contribution in [3.8, 4) is 0 Å². The topological polar surface area (TPSA) is 98.7 Å². The van der Waals surface area contributed by atoms with Gasteiger partial charge in [0, 0.05) is 24.7 Å². The van der Waals surface area contributed by atoms with Crippen molar-refractivity contribution in [3.05, 3.63) is 113 Å². The van der Waals surface area contributed by atoms with Gasteiger partial charge < -0.3 is 4.90 Å². The molecule has 0 saturated carbocycles. The van der Waals surface area contributed by atoms with Gasteiger partial charge in [0.05, 0.1) is 0 Å². The summed E-state index contributed by atoms with van der Waals surface area (Å²) in [5, 5.41) is 11.1. The Hall–Kier alpha value is -4.23. The maximum atomic E-state index is 13.0. The Kier molecular flexibility index (Phi) is 9.13. The van der Waals surface area contributed by atoms with Crippen LogP contribution >= 0.6 is 0 Å². The van der Waals surface area contributed by atoms with E-state index < -0.39 is 17.8 Å². The number of nitrogens with zero attached hydrogens (tertiary/aromatic N) is 1. The zero-order chi connectivity index (χ0) is 24.2. The zero-order valence-corrected chi connectivity index (χ0v) is 18.7. The fourth-order valence-electron chi connectivity index (χ4n) is 3.37. The lowest BCUT2D eigenvalue weighted by Gasteiger charge is -2.23. The van der Waals surface area contributed by atoms with E-state index in [1.54, 1.807) is 35.2 Å². The minimum absolute atomic E-state index is 0.323. The second kappa shape index (κ2) is 12.7. The Morgan fingerprint density at radius 3 is 2.12 bits per heavy atom. The summed E-state index contributed by atoms with van der Waals surface area (Å²) in [6.45, 7) is 0.797. The normalized spacial score (nSPS) is 10.6. The Morgan fingerprint density at radius 2 is 1.47 bits per heavy atom. The van der Waals surface area contributed by atoms with Gasteiger partial charge in [0.2, 0.25) is 0 Å². The molecule has 4 amide bonds. The standard InChI is InChI=1S/C27H27N3O4/c31-25(29-34)18-17-22-13-15-23(16-14-22)20-30(19-7-10-21-8-3-1-4-9-21)27(33)28-26(32)24-11-5-2-6-12-24/h1-6,8-9,11-18,34H,7,10,19-20H2,(H,29,31)(H,28,32,33). The molecule has 3 aromatic rings. The van der Waals surface area contributed by atoms with Crippen molar-refractivity contribution < 1.29 is 19.6 Å². The summed E-state index contributed by atoms with van der Waals surface area (Å²) in [7, 11) is 0. The van der Waals surface area contributed by atoms with Crippen molar-refractivity contribution in [3.63, 3.8) is 0 Å². The van der Waals surface area contributed by atoms with Crippen LogP contribution in [0.1, 0.15) is 33.5 Å². The van der Waals surface area contributed by atoms with Crippen LogP contribution in [-0.4, -0.2) is 34.5 Å². The van der Waals surface area contributed by atoms with E-state index in [0.717, 1.165) is 24.0 Å². The molecule has 0 atom stereocenters. The molecule has 0 radical (unpaired) electrons. The molecule has 3 rings (SSSR count). The first kappa shape index (κ1) is 24.4. The molecule has 0 saturated heterocycles. The van der Waals surface area contributed by atoms with E-state index in [1.807, 2.05) is 60.7 Å². The van der Waals surface area contributed by atoms with Crippen molar-refractivity contribution in [1.82, 2.24) is 15.7 Å². The van der Waals surface area contributed by atoms with Gasteiger partial charge in [-0.05, 0) is 47.7 Å². The molecule has 3 aromatic carbocycles. The molecule has 0 bridgehead atoms. The predicted molar refractivity (Wildman–Crippen MR) is 130 cm³/mol. The minimum atomic E-state index is -0.617. The number of urea groups is 1. The van der Waals surface area contributed by atoms with Crippen LogP contribution in [0.4, 0.5) is 4.79 Å². The van der Waals surface area contributed by atoms with Gasteiger partial charge in [0.1, 0.15) is 0 Å². The van der Waals surface area contributed by atoms with Crippen LogP contribution in [0.25, 0.3) is 6.08 Å². The van der Waals surface area contributed by atoms with Gasteiger partial charge in [0.25, 0.3) is 11.8 Å². The summed E-state index contributed by atoms with van der Waals surface area (Å²) in [5.74, 6) is -1.06. The molecular weight excluding hydrogens is 430 g/mol. The molecule has 0 aliphatic rings. The highest BCUT2D eigenvalue weighted by atomic mass is 16.5. The molecule has 0 spiro atoms. The van der Waals surface area contributed by atoms with E-state index >= 15 is 0 Å². The number of hydroxylamine groups is 1. The maximum Gasteiger partial charge on any atom is 0.324 e. The Bertz CT molecular complexity index is 1110. The first-order chi connectivity index (χ1) is 16.5. The number of aryl methyl sites for hydroxylation is 1. The highest BCUT2D eigenvalue weighted by Crippen LogP contribution is 2.12. The lowest BCUT2D eigenvalue weighted by atomic mass is 10.1. The molecule has 0 aromatic heterocycles. The number of rotatable bonds is 9. The van der Waals surface area contributed by atoms with Crippen molar-refractivity contribution in [2.24, 2.45) is 0 Å². The van der Waals surface area contributed by atoms with Crippen molar-refractivity contribution in [2.45, 2.75) is 19.4 Å². The predicted octanol–water partition coefficient (Wildman–Crippen LogP) is 4.19.